The van der Waals surface area contributed by atoms with Crippen molar-refractivity contribution in [1.82, 2.24) is 5.43 Å². The number of carbonyl (C=O) groups excluding carboxylic acids is 1. The van der Waals surface area contributed by atoms with Crippen LogP contribution in [0.15, 0.2) is 68.7 Å². The summed E-state index contributed by atoms with van der Waals surface area (Å²) < 4.78 is 10.5. The summed E-state index contributed by atoms with van der Waals surface area (Å²) in [5, 5.41) is 14.4. The van der Waals surface area contributed by atoms with Crippen LogP contribution >= 0.6 is 0 Å². The number of nitrogens with zero attached hydrogens (tertiary/aromatic N) is 2. The summed E-state index contributed by atoms with van der Waals surface area (Å²) >= 11 is 0. The van der Waals surface area contributed by atoms with E-state index in [4.69, 9.17) is 8.83 Å². The summed E-state index contributed by atoms with van der Waals surface area (Å²) in [5.41, 5.74) is 3.01. The molecular weight excluding hydrogens is 314 g/mol. The molecule has 0 fully saturated rings. The highest BCUT2D eigenvalue weighted by Crippen LogP contribution is 2.23. The minimum absolute atomic E-state index is 0.00716. The van der Waals surface area contributed by atoms with Crippen molar-refractivity contribution in [2.24, 2.45) is 5.10 Å². The topological polar surface area (TPSA) is 111 Å². The van der Waals surface area contributed by atoms with Crippen molar-refractivity contribution in [3.63, 3.8) is 0 Å². The Kier molecular flexibility index (Phi) is 4.19. The first-order chi connectivity index (χ1) is 11.6. The summed E-state index contributed by atoms with van der Waals surface area (Å²) in [4.78, 5) is 21.8. The number of non-ortho nitro benzene ring substituents is 1. The number of nitro groups is 1. The van der Waals surface area contributed by atoms with Gasteiger partial charge in [-0.3, -0.25) is 14.9 Å². The van der Waals surface area contributed by atoms with Gasteiger partial charge in [0.25, 0.3) is 5.69 Å². The fraction of sp³-hybridized carbons (Fsp3) is 0. The normalized spacial score (nSPS) is 10.8. The predicted molar refractivity (Wildman–Crippen MR) is 84.6 cm³/mol. The molecule has 2 aromatic heterocycles. The number of nitrogens with one attached hydrogen (secondary N) is 1. The van der Waals surface area contributed by atoms with Gasteiger partial charge in [0, 0.05) is 17.7 Å². The first-order valence-electron chi connectivity index (χ1n) is 6.85. The predicted octanol–water partition coefficient (Wildman–Crippen LogP) is 3.21. The maximum absolute atomic E-state index is 11.6. The summed E-state index contributed by atoms with van der Waals surface area (Å²) in [6, 6.07) is 12.5. The molecule has 8 heteroatoms. The van der Waals surface area contributed by atoms with E-state index >= 15 is 0 Å². The van der Waals surface area contributed by atoms with Crippen LogP contribution in [0.1, 0.15) is 16.3 Å². The number of benzene rings is 1. The van der Waals surface area contributed by atoms with Crippen LogP contribution in [0.5, 0.6) is 0 Å². The summed E-state index contributed by atoms with van der Waals surface area (Å²) in [5.74, 6) is 0.628. The van der Waals surface area contributed by atoms with Crippen LogP contribution in [0.25, 0.3) is 11.3 Å². The Labute approximate surface area is 135 Å². The Bertz CT molecular complexity index is 879. The second-order valence-corrected chi connectivity index (χ2v) is 4.68. The van der Waals surface area contributed by atoms with E-state index < -0.39 is 10.8 Å². The molecule has 1 amide bonds. The number of rotatable bonds is 5. The fourth-order valence-electron chi connectivity index (χ4n) is 1.94. The van der Waals surface area contributed by atoms with Gasteiger partial charge in [0.05, 0.1) is 17.4 Å². The van der Waals surface area contributed by atoms with Gasteiger partial charge in [-0.15, -0.1) is 0 Å². The molecule has 0 unspecified atom stereocenters. The van der Waals surface area contributed by atoms with Gasteiger partial charge in [-0.2, -0.15) is 5.10 Å². The Morgan fingerprint density at radius 2 is 1.96 bits per heavy atom. The van der Waals surface area contributed by atoms with Crippen LogP contribution in [0.2, 0.25) is 0 Å². The molecule has 0 saturated heterocycles. The second-order valence-electron chi connectivity index (χ2n) is 4.68. The average molecular weight is 325 g/mol. The minimum atomic E-state index is -0.474. The highest BCUT2D eigenvalue weighted by atomic mass is 16.6. The van der Waals surface area contributed by atoms with E-state index in [2.05, 4.69) is 10.5 Å². The minimum Gasteiger partial charge on any atom is -0.459 e. The van der Waals surface area contributed by atoms with Crippen LogP contribution in [-0.4, -0.2) is 17.0 Å². The largest absolute Gasteiger partial charge is 0.459 e. The molecule has 0 spiro atoms. The Balaban J connectivity index is 1.66. The lowest BCUT2D eigenvalue weighted by molar-refractivity contribution is -0.384. The SMILES string of the molecule is O=C(N/N=C/c1ccc(-c2ccc([N+](=O)[O-])cc2)o1)c1ccco1. The molecule has 8 nitrogen and oxygen atoms in total. The van der Waals surface area contributed by atoms with Gasteiger partial charge in [-0.25, -0.2) is 5.43 Å². The zero-order valence-corrected chi connectivity index (χ0v) is 12.2. The van der Waals surface area contributed by atoms with E-state index in [0.717, 1.165) is 0 Å². The van der Waals surface area contributed by atoms with Crippen molar-refractivity contribution in [3.05, 3.63) is 76.4 Å². The van der Waals surface area contributed by atoms with Crippen LogP contribution in [0, 0.1) is 10.1 Å². The average Bonchev–Trinajstić information content (AvgIpc) is 3.27. The van der Waals surface area contributed by atoms with Crippen molar-refractivity contribution in [3.8, 4) is 11.3 Å². The van der Waals surface area contributed by atoms with E-state index in [0.29, 0.717) is 17.1 Å². The zero-order valence-electron chi connectivity index (χ0n) is 12.2. The van der Waals surface area contributed by atoms with Gasteiger partial charge in [-0.05, 0) is 36.4 Å². The third-order valence-electron chi connectivity index (χ3n) is 3.09. The third-order valence-corrected chi connectivity index (χ3v) is 3.09. The monoisotopic (exact) mass is 325 g/mol. The van der Waals surface area contributed by atoms with Crippen LogP contribution in [-0.2, 0) is 0 Å². The Morgan fingerprint density at radius 1 is 1.17 bits per heavy atom. The van der Waals surface area contributed by atoms with Gasteiger partial charge >= 0.3 is 5.91 Å². The van der Waals surface area contributed by atoms with E-state index in [1.54, 1.807) is 30.3 Å². The molecule has 1 N–H and O–H groups in total. The molecule has 0 aliphatic heterocycles. The summed E-state index contributed by atoms with van der Waals surface area (Å²) in [6.45, 7) is 0. The van der Waals surface area contributed by atoms with E-state index in [-0.39, 0.29) is 11.4 Å². The van der Waals surface area contributed by atoms with Gasteiger partial charge in [0.1, 0.15) is 11.5 Å². The van der Waals surface area contributed by atoms with Gasteiger partial charge in [0.15, 0.2) is 5.76 Å². The molecule has 0 saturated carbocycles. The van der Waals surface area contributed by atoms with Crippen molar-refractivity contribution in [2.75, 3.05) is 0 Å². The van der Waals surface area contributed by atoms with Crippen LogP contribution in [0.4, 0.5) is 5.69 Å². The molecule has 120 valence electrons. The van der Waals surface area contributed by atoms with Crippen LogP contribution < -0.4 is 5.43 Å². The van der Waals surface area contributed by atoms with E-state index in [1.165, 1.54) is 30.7 Å². The zero-order chi connectivity index (χ0) is 16.9. The maximum atomic E-state index is 11.6. The lowest BCUT2D eigenvalue weighted by Crippen LogP contribution is -2.16. The third kappa shape index (κ3) is 3.38. The highest BCUT2D eigenvalue weighted by Gasteiger charge is 2.08. The van der Waals surface area contributed by atoms with E-state index in [1.807, 2.05) is 0 Å². The first-order valence-corrected chi connectivity index (χ1v) is 6.85. The lowest BCUT2D eigenvalue weighted by Gasteiger charge is -1.96. The number of hydrogen-bond acceptors (Lipinski definition) is 6. The fourth-order valence-corrected chi connectivity index (χ4v) is 1.94. The molecule has 0 bridgehead atoms. The van der Waals surface area contributed by atoms with E-state index in [9.17, 15) is 14.9 Å². The number of nitro benzene ring substituents is 1. The van der Waals surface area contributed by atoms with Crippen molar-refractivity contribution in [1.29, 1.82) is 0 Å². The molecule has 2 heterocycles. The van der Waals surface area contributed by atoms with Gasteiger partial charge in [-0.1, -0.05) is 0 Å². The number of hydrazone groups is 1. The first kappa shape index (κ1) is 15.2. The maximum Gasteiger partial charge on any atom is 0.307 e. The standard InChI is InChI=1S/C16H11N3O5/c20-16(15-2-1-9-23-15)18-17-10-13-7-8-14(24-13)11-3-5-12(6-4-11)19(21)22/h1-10H,(H,18,20)/b17-10+. The molecule has 0 aliphatic rings. The van der Waals surface area contributed by atoms with Gasteiger partial charge in [0.2, 0.25) is 0 Å². The van der Waals surface area contributed by atoms with Crippen molar-refractivity contribution >= 4 is 17.8 Å². The Hall–Kier alpha value is -3.68. The number of furan rings is 2. The van der Waals surface area contributed by atoms with Crippen molar-refractivity contribution in [2.45, 2.75) is 0 Å². The Morgan fingerprint density at radius 3 is 2.62 bits per heavy atom. The summed E-state index contributed by atoms with van der Waals surface area (Å²) in [6.07, 6.45) is 2.73. The second kappa shape index (κ2) is 6.61. The molecule has 24 heavy (non-hydrogen) atoms. The molecule has 0 atom stereocenters. The smallest absolute Gasteiger partial charge is 0.307 e. The highest BCUT2D eigenvalue weighted by molar-refractivity contribution is 5.92. The number of amides is 1. The van der Waals surface area contributed by atoms with Gasteiger partial charge < -0.3 is 8.83 Å². The number of hydrogen-bond donors (Lipinski definition) is 1. The number of carbonyl (C=O) groups is 1. The molecule has 3 aromatic rings. The quantitative estimate of drug-likeness (QED) is 0.440. The molecular formula is C16H11N3O5. The molecule has 3 rings (SSSR count). The molecule has 1 aromatic carbocycles. The molecule has 0 aliphatic carbocycles. The molecule has 0 radical (unpaired) electrons. The van der Waals surface area contributed by atoms with Crippen molar-refractivity contribution < 1.29 is 18.6 Å². The summed E-state index contributed by atoms with van der Waals surface area (Å²) in [7, 11) is 0. The van der Waals surface area contributed by atoms with Crippen LogP contribution in [0.3, 0.4) is 0 Å². The lowest BCUT2D eigenvalue weighted by atomic mass is 10.1.